The van der Waals surface area contributed by atoms with Crippen molar-refractivity contribution in [1.82, 2.24) is 9.97 Å². The number of methoxy groups -OCH3 is 1. The zero-order valence-electron chi connectivity index (χ0n) is 11.5. The maximum atomic E-state index is 13.9. The Balaban J connectivity index is 2.49. The van der Waals surface area contributed by atoms with Crippen molar-refractivity contribution in [3.63, 3.8) is 0 Å². The molecule has 0 aliphatic heterocycles. The summed E-state index contributed by atoms with van der Waals surface area (Å²) in [6.45, 7) is 4.11. The molecule has 0 aliphatic carbocycles. The maximum absolute atomic E-state index is 13.9. The Hall–Kier alpha value is -1.69. The van der Waals surface area contributed by atoms with Gasteiger partial charge in [0.15, 0.2) is 17.5 Å². The monoisotopic (exact) mass is 339 g/mol. The molecule has 0 saturated carbocycles. The van der Waals surface area contributed by atoms with Gasteiger partial charge in [0.25, 0.3) is 0 Å². The minimum Gasteiger partial charge on any atom is -0.496 e. The Morgan fingerprint density at radius 1 is 1.35 bits per heavy atom. The van der Waals surface area contributed by atoms with Crippen molar-refractivity contribution in [1.29, 1.82) is 0 Å². The van der Waals surface area contributed by atoms with Crippen molar-refractivity contribution in [3.8, 4) is 17.1 Å². The van der Waals surface area contributed by atoms with Crippen molar-refractivity contribution >= 4 is 21.7 Å². The van der Waals surface area contributed by atoms with Gasteiger partial charge in [0.05, 0.1) is 17.3 Å². The molecule has 0 radical (unpaired) electrons. The highest BCUT2D eigenvalue weighted by molar-refractivity contribution is 9.10. The lowest BCUT2D eigenvalue weighted by Crippen LogP contribution is -2.06. The standard InChI is InChI=1S/C14H15BrFN3O/c1-4-17-14-12(16)8(2)18-13(19-14)9-5-6-11(20-3)10(15)7-9/h5-7H,4H2,1-3H3,(H,17,18,19). The third kappa shape index (κ3) is 2.90. The molecule has 0 spiro atoms. The van der Waals surface area contributed by atoms with E-state index in [1.807, 2.05) is 25.1 Å². The smallest absolute Gasteiger partial charge is 0.186 e. The van der Waals surface area contributed by atoms with E-state index in [1.165, 1.54) is 0 Å². The molecule has 0 atom stereocenters. The Kier molecular flexibility index (Phi) is 4.54. The second kappa shape index (κ2) is 6.17. The van der Waals surface area contributed by atoms with Crippen molar-refractivity contribution in [2.75, 3.05) is 19.0 Å². The van der Waals surface area contributed by atoms with Gasteiger partial charge < -0.3 is 10.1 Å². The number of anilines is 1. The summed E-state index contributed by atoms with van der Waals surface area (Å²) in [4.78, 5) is 8.43. The van der Waals surface area contributed by atoms with Gasteiger partial charge in [-0.2, -0.15) is 0 Å². The van der Waals surface area contributed by atoms with E-state index in [-0.39, 0.29) is 5.82 Å². The fourth-order valence-corrected chi connectivity index (χ4v) is 2.32. The molecule has 1 heterocycles. The fourth-order valence-electron chi connectivity index (χ4n) is 1.78. The second-order valence-electron chi connectivity index (χ2n) is 4.17. The quantitative estimate of drug-likeness (QED) is 0.920. The number of benzene rings is 1. The lowest BCUT2D eigenvalue weighted by atomic mass is 10.2. The molecule has 0 aliphatic rings. The lowest BCUT2D eigenvalue weighted by molar-refractivity contribution is 0.412. The van der Waals surface area contributed by atoms with Crippen molar-refractivity contribution < 1.29 is 9.13 Å². The minimum atomic E-state index is -0.414. The van der Waals surface area contributed by atoms with Crippen molar-refractivity contribution in [2.24, 2.45) is 0 Å². The van der Waals surface area contributed by atoms with Crippen LogP contribution in [-0.2, 0) is 0 Å². The summed E-state index contributed by atoms with van der Waals surface area (Å²) in [5.74, 6) is 1.01. The topological polar surface area (TPSA) is 47.0 Å². The average Bonchev–Trinajstić information content (AvgIpc) is 2.43. The molecule has 0 unspecified atom stereocenters. The van der Waals surface area contributed by atoms with Gasteiger partial charge in [-0.15, -0.1) is 0 Å². The summed E-state index contributed by atoms with van der Waals surface area (Å²) >= 11 is 3.42. The molecule has 2 aromatic rings. The van der Waals surface area contributed by atoms with Gasteiger partial charge in [0.1, 0.15) is 5.75 Å². The third-order valence-corrected chi connectivity index (χ3v) is 3.39. The van der Waals surface area contributed by atoms with E-state index in [9.17, 15) is 4.39 Å². The summed E-state index contributed by atoms with van der Waals surface area (Å²) in [6, 6.07) is 5.50. The summed E-state index contributed by atoms with van der Waals surface area (Å²) in [6.07, 6.45) is 0. The molecule has 6 heteroatoms. The highest BCUT2D eigenvalue weighted by Crippen LogP contribution is 2.30. The van der Waals surface area contributed by atoms with Gasteiger partial charge in [-0.1, -0.05) is 0 Å². The molecule has 106 valence electrons. The van der Waals surface area contributed by atoms with Gasteiger partial charge in [-0.25, -0.2) is 14.4 Å². The van der Waals surface area contributed by atoms with Crippen LogP contribution in [0.25, 0.3) is 11.4 Å². The molecular weight excluding hydrogens is 325 g/mol. The Labute approximate surface area is 125 Å². The maximum Gasteiger partial charge on any atom is 0.186 e. The predicted octanol–water partition coefficient (Wildman–Crippen LogP) is 3.79. The minimum absolute atomic E-state index is 0.224. The first kappa shape index (κ1) is 14.7. The molecule has 0 saturated heterocycles. The van der Waals surface area contributed by atoms with Crippen LogP contribution in [0, 0.1) is 12.7 Å². The number of halogens is 2. The first-order valence-electron chi connectivity index (χ1n) is 6.18. The lowest BCUT2D eigenvalue weighted by Gasteiger charge is -2.10. The van der Waals surface area contributed by atoms with Crippen LogP contribution >= 0.6 is 15.9 Å². The van der Waals surface area contributed by atoms with Crippen molar-refractivity contribution in [2.45, 2.75) is 13.8 Å². The van der Waals surface area contributed by atoms with Crippen LogP contribution in [0.15, 0.2) is 22.7 Å². The molecule has 20 heavy (non-hydrogen) atoms. The van der Waals surface area contributed by atoms with Crippen LogP contribution < -0.4 is 10.1 Å². The number of nitrogens with zero attached hydrogens (tertiary/aromatic N) is 2. The van der Waals surface area contributed by atoms with Crippen LogP contribution in [0.3, 0.4) is 0 Å². The Bertz CT molecular complexity index is 634. The summed E-state index contributed by atoms with van der Waals surface area (Å²) in [5, 5.41) is 2.90. The first-order chi connectivity index (χ1) is 9.56. The summed E-state index contributed by atoms with van der Waals surface area (Å²) in [7, 11) is 1.60. The molecule has 4 nitrogen and oxygen atoms in total. The number of aryl methyl sites for hydroxylation is 1. The molecule has 1 aromatic carbocycles. The zero-order chi connectivity index (χ0) is 14.7. The molecule has 2 rings (SSSR count). The van der Waals surface area contributed by atoms with Crippen molar-refractivity contribution in [3.05, 3.63) is 34.2 Å². The second-order valence-corrected chi connectivity index (χ2v) is 5.03. The van der Waals surface area contributed by atoms with Crippen LogP contribution in [0.4, 0.5) is 10.2 Å². The average molecular weight is 340 g/mol. The number of hydrogen-bond donors (Lipinski definition) is 1. The molecule has 1 aromatic heterocycles. The van der Waals surface area contributed by atoms with E-state index >= 15 is 0 Å². The van der Waals surface area contributed by atoms with E-state index < -0.39 is 5.82 Å². The largest absolute Gasteiger partial charge is 0.496 e. The zero-order valence-corrected chi connectivity index (χ0v) is 13.1. The molecule has 0 bridgehead atoms. The van der Waals surface area contributed by atoms with Crippen LogP contribution in [-0.4, -0.2) is 23.6 Å². The van der Waals surface area contributed by atoms with Gasteiger partial charge >= 0.3 is 0 Å². The van der Waals surface area contributed by atoms with Crippen LogP contribution in [0.1, 0.15) is 12.6 Å². The Morgan fingerprint density at radius 2 is 2.10 bits per heavy atom. The molecule has 0 amide bonds. The highest BCUT2D eigenvalue weighted by Gasteiger charge is 2.13. The van der Waals surface area contributed by atoms with E-state index in [0.29, 0.717) is 18.1 Å². The fraction of sp³-hybridized carbons (Fsp3) is 0.286. The van der Waals surface area contributed by atoms with E-state index in [1.54, 1.807) is 14.0 Å². The number of aromatic nitrogens is 2. The normalized spacial score (nSPS) is 10.4. The van der Waals surface area contributed by atoms with E-state index in [2.05, 4.69) is 31.2 Å². The SMILES string of the molecule is CCNc1nc(-c2ccc(OC)c(Br)c2)nc(C)c1F. The summed E-state index contributed by atoms with van der Waals surface area (Å²) < 4.78 is 19.8. The van der Waals surface area contributed by atoms with E-state index in [0.717, 1.165) is 15.8 Å². The van der Waals surface area contributed by atoms with Gasteiger partial charge in [0.2, 0.25) is 0 Å². The highest BCUT2D eigenvalue weighted by atomic mass is 79.9. The van der Waals surface area contributed by atoms with E-state index in [4.69, 9.17) is 4.74 Å². The number of ether oxygens (including phenoxy) is 1. The van der Waals surface area contributed by atoms with Gasteiger partial charge in [-0.3, -0.25) is 0 Å². The first-order valence-corrected chi connectivity index (χ1v) is 6.98. The predicted molar refractivity (Wildman–Crippen MR) is 80.6 cm³/mol. The molecule has 1 N–H and O–H groups in total. The number of rotatable bonds is 4. The Morgan fingerprint density at radius 3 is 2.70 bits per heavy atom. The third-order valence-electron chi connectivity index (χ3n) is 2.77. The number of hydrogen-bond acceptors (Lipinski definition) is 4. The molecular formula is C14H15BrFN3O. The number of nitrogens with one attached hydrogen (secondary N) is 1. The van der Waals surface area contributed by atoms with Gasteiger partial charge in [0, 0.05) is 12.1 Å². The van der Waals surface area contributed by atoms with Crippen LogP contribution in [0.5, 0.6) is 5.75 Å². The summed E-state index contributed by atoms with van der Waals surface area (Å²) in [5.41, 5.74) is 1.11. The van der Waals surface area contributed by atoms with Crippen LogP contribution in [0.2, 0.25) is 0 Å². The van der Waals surface area contributed by atoms with Gasteiger partial charge in [-0.05, 0) is 48.0 Å². The molecule has 0 fully saturated rings.